The van der Waals surface area contributed by atoms with Crippen molar-refractivity contribution in [1.29, 1.82) is 0 Å². The van der Waals surface area contributed by atoms with E-state index >= 15 is 0 Å². The highest BCUT2D eigenvalue weighted by Gasteiger charge is 2.68. The van der Waals surface area contributed by atoms with Crippen molar-refractivity contribution in [3.8, 4) is 0 Å². The van der Waals surface area contributed by atoms with Crippen LogP contribution in [0.5, 0.6) is 0 Å². The van der Waals surface area contributed by atoms with Gasteiger partial charge in [-0.1, -0.05) is 0 Å². The number of alkyl halides is 7. The van der Waals surface area contributed by atoms with E-state index in [1.807, 2.05) is 0 Å². The molecule has 0 saturated heterocycles. The summed E-state index contributed by atoms with van der Waals surface area (Å²) in [6.07, 6.45) is -9.71. The van der Waals surface area contributed by atoms with Crippen molar-refractivity contribution >= 4 is 0 Å². The topological polar surface area (TPSA) is 0 Å². The maximum Gasteiger partial charge on any atom is 0.392 e. The summed E-state index contributed by atoms with van der Waals surface area (Å²) in [6.45, 7) is 0. The Labute approximate surface area is 68.7 Å². The van der Waals surface area contributed by atoms with E-state index in [2.05, 4.69) is 0 Å². The van der Waals surface area contributed by atoms with Crippen LogP contribution in [0.3, 0.4) is 0 Å². The van der Waals surface area contributed by atoms with Crippen molar-refractivity contribution in [2.75, 3.05) is 0 Å². The third-order valence-electron chi connectivity index (χ3n) is 2.00. The number of rotatable bonds is 2. The molecule has 2 unspecified atom stereocenters. The predicted molar refractivity (Wildman–Crippen MR) is 28.6 cm³/mol. The second kappa shape index (κ2) is 2.75. The normalized spacial score (nSPS) is 29.5. The van der Waals surface area contributed by atoms with Crippen LogP contribution in [0.25, 0.3) is 0 Å². The van der Waals surface area contributed by atoms with Crippen molar-refractivity contribution in [1.82, 2.24) is 0 Å². The maximum atomic E-state index is 12.3. The van der Waals surface area contributed by atoms with Crippen LogP contribution >= 0.6 is 0 Å². The molecule has 0 amide bonds. The van der Waals surface area contributed by atoms with Gasteiger partial charge in [0.05, 0.1) is 5.92 Å². The minimum absolute atomic E-state index is 0.902. The molecule has 0 bridgehead atoms. The number of hydrogen-bond acceptors (Lipinski definition) is 0. The van der Waals surface area contributed by atoms with Gasteiger partial charge in [0, 0.05) is 5.92 Å². The summed E-state index contributed by atoms with van der Waals surface area (Å²) in [6, 6.07) is 0. The molecule has 0 aromatic rings. The fourth-order valence-electron chi connectivity index (χ4n) is 1.14. The van der Waals surface area contributed by atoms with Crippen molar-refractivity contribution in [3.63, 3.8) is 0 Å². The van der Waals surface area contributed by atoms with Gasteiger partial charge in [-0.05, 0) is 6.42 Å². The third kappa shape index (κ3) is 1.88. The summed E-state index contributed by atoms with van der Waals surface area (Å²) in [5.74, 6) is -9.02. The molecule has 0 spiro atoms. The van der Waals surface area contributed by atoms with Gasteiger partial charge in [-0.2, -0.15) is 22.0 Å². The quantitative estimate of drug-likeness (QED) is 0.614. The summed E-state index contributed by atoms with van der Waals surface area (Å²) >= 11 is 0. The fourth-order valence-corrected chi connectivity index (χ4v) is 1.14. The lowest BCUT2D eigenvalue weighted by molar-refractivity contribution is -0.184. The zero-order valence-electron chi connectivity index (χ0n) is 6.08. The Bertz CT molecular complexity index is 194. The summed E-state index contributed by atoms with van der Waals surface area (Å²) in [4.78, 5) is 0. The number of hydrogen-bond donors (Lipinski definition) is 0. The van der Waals surface area contributed by atoms with Gasteiger partial charge >= 0.3 is 18.5 Å². The largest absolute Gasteiger partial charge is 0.392 e. The van der Waals surface area contributed by atoms with Crippen LogP contribution in [0, 0.1) is 11.8 Å². The van der Waals surface area contributed by atoms with E-state index in [1.54, 1.807) is 0 Å². The second-order valence-electron chi connectivity index (χ2n) is 2.97. The summed E-state index contributed by atoms with van der Waals surface area (Å²) in [7, 11) is 0. The fraction of sp³-hybridized carbons (Fsp3) is 1.00. The molecule has 78 valence electrons. The summed E-state index contributed by atoms with van der Waals surface area (Å²) in [5.41, 5.74) is 0. The molecular formula is C6H5F7. The average Bonchev–Trinajstić information content (AvgIpc) is 2.61. The lowest BCUT2D eigenvalue weighted by atomic mass is 10.2. The minimum atomic E-state index is -4.79. The monoisotopic (exact) mass is 210 g/mol. The molecule has 2 atom stereocenters. The molecule has 0 nitrogen and oxygen atoms in total. The molecule has 1 aliphatic carbocycles. The van der Waals surface area contributed by atoms with Gasteiger partial charge in [-0.3, -0.25) is 0 Å². The van der Waals surface area contributed by atoms with E-state index in [4.69, 9.17) is 0 Å². The Hall–Kier alpha value is -0.490. The van der Waals surface area contributed by atoms with E-state index < -0.39 is 36.8 Å². The summed E-state index contributed by atoms with van der Waals surface area (Å²) in [5, 5.41) is 0. The molecule has 7 heteroatoms. The van der Waals surface area contributed by atoms with Gasteiger partial charge in [0.1, 0.15) is 0 Å². The van der Waals surface area contributed by atoms with Crippen LogP contribution in [0.4, 0.5) is 30.7 Å². The van der Waals surface area contributed by atoms with Gasteiger partial charge in [0.25, 0.3) is 0 Å². The highest BCUT2D eigenvalue weighted by Crippen LogP contribution is 2.58. The second-order valence-corrected chi connectivity index (χ2v) is 2.97. The van der Waals surface area contributed by atoms with E-state index in [-0.39, 0.29) is 0 Å². The molecule has 1 rings (SSSR count). The molecule has 1 fully saturated rings. The lowest BCUT2D eigenvalue weighted by Gasteiger charge is -2.15. The first kappa shape index (κ1) is 10.6. The lowest BCUT2D eigenvalue weighted by Crippen LogP contribution is -2.31. The zero-order valence-corrected chi connectivity index (χ0v) is 6.08. The first-order chi connectivity index (χ1) is 5.67. The van der Waals surface area contributed by atoms with Gasteiger partial charge in [-0.15, -0.1) is 0 Å². The Morgan fingerprint density at radius 2 is 1.38 bits per heavy atom. The summed E-state index contributed by atoms with van der Waals surface area (Å²) < 4.78 is 82.7. The van der Waals surface area contributed by atoms with E-state index in [0.717, 1.165) is 0 Å². The van der Waals surface area contributed by atoms with Gasteiger partial charge < -0.3 is 0 Å². The van der Waals surface area contributed by atoms with Crippen molar-refractivity contribution in [3.05, 3.63) is 0 Å². The SMILES string of the molecule is FC(F)C(F)(F)C1CC1C(F)(F)F. The Morgan fingerprint density at radius 1 is 0.923 bits per heavy atom. The predicted octanol–water partition coefficient (Wildman–Crippen LogP) is 3.09. The molecule has 0 radical (unpaired) electrons. The van der Waals surface area contributed by atoms with E-state index in [1.165, 1.54) is 0 Å². The van der Waals surface area contributed by atoms with Crippen molar-refractivity contribution in [2.45, 2.75) is 24.9 Å². The minimum Gasteiger partial charge on any atom is -0.204 e. The van der Waals surface area contributed by atoms with Crippen LogP contribution in [-0.2, 0) is 0 Å². The van der Waals surface area contributed by atoms with Gasteiger partial charge in [-0.25, -0.2) is 8.78 Å². The average molecular weight is 210 g/mol. The number of halogens is 7. The van der Waals surface area contributed by atoms with Crippen LogP contribution in [-0.4, -0.2) is 18.5 Å². The molecule has 0 heterocycles. The molecule has 0 aromatic carbocycles. The van der Waals surface area contributed by atoms with Crippen LogP contribution < -0.4 is 0 Å². The molecule has 1 saturated carbocycles. The van der Waals surface area contributed by atoms with E-state index in [0.29, 0.717) is 0 Å². The molecular weight excluding hydrogens is 205 g/mol. The first-order valence-corrected chi connectivity index (χ1v) is 3.40. The molecule has 13 heavy (non-hydrogen) atoms. The maximum absolute atomic E-state index is 12.3. The van der Waals surface area contributed by atoms with Crippen LogP contribution in [0.2, 0.25) is 0 Å². The Kier molecular flexibility index (Phi) is 2.24. The van der Waals surface area contributed by atoms with Gasteiger partial charge in [0.15, 0.2) is 0 Å². The highest BCUT2D eigenvalue weighted by atomic mass is 19.4. The molecule has 0 N–H and O–H groups in total. The van der Waals surface area contributed by atoms with E-state index in [9.17, 15) is 30.7 Å². The zero-order chi connectivity index (χ0) is 10.4. The van der Waals surface area contributed by atoms with Crippen molar-refractivity contribution in [2.24, 2.45) is 11.8 Å². The molecule has 0 aromatic heterocycles. The highest BCUT2D eigenvalue weighted by molar-refractivity contribution is 5.00. The standard InChI is InChI=1S/C6H5F7/c7-4(8)5(9,10)2-1-3(2)6(11,12)13/h2-4H,1H2. The Balaban J connectivity index is 2.61. The third-order valence-corrected chi connectivity index (χ3v) is 2.00. The van der Waals surface area contributed by atoms with Crippen LogP contribution in [0.1, 0.15) is 6.42 Å². The Morgan fingerprint density at radius 3 is 1.62 bits per heavy atom. The first-order valence-electron chi connectivity index (χ1n) is 3.40. The van der Waals surface area contributed by atoms with Crippen LogP contribution in [0.15, 0.2) is 0 Å². The molecule has 0 aliphatic heterocycles. The van der Waals surface area contributed by atoms with Crippen molar-refractivity contribution < 1.29 is 30.7 Å². The smallest absolute Gasteiger partial charge is 0.204 e. The van der Waals surface area contributed by atoms with Gasteiger partial charge in [0.2, 0.25) is 0 Å². The molecule has 1 aliphatic rings.